The van der Waals surface area contributed by atoms with Crippen molar-refractivity contribution in [1.29, 1.82) is 5.26 Å². The smallest absolute Gasteiger partial charge is 0.259 e. The van der Waals surface area contributed by atoms with E-state index in [9.17, 15) is 5.26 Å². The highest BCUT2D eigenvalue weighted by atomic mass is 31.2. The van der Waals surface area contributed by atoms with E-state index in [1.54, 1.807) is 25.4 Å². The first-order valence-electron chi connectivity index (χ1n) is 40.3. The van der Waals surface area contributed by atoms with Crippen LogP contribution in [0.4, 0.5) is 0 Å². The molecule has 8 aliphatic rings. The van der Waals surface area contributed by atoms with Crippen molar-refractivity contribution < 1.29 is 28.1 Å². The molecule has 18 atom stereocenters. The average molecular weight is 1370 g/mol. The molecule has 3 aromatic rings. The fourth-order valence-corrected chi connectivity index (χ4v) is 25.4. The summed E-state index contributed by atoms with van der Waals surface area (Å²) in [6, 6.07) is 29.6. The van der Waals surface area contributed by atoms with Gasteiger partial charge < -0.3 is 28.2 Å². The quantitative estimate of drug-likeness (QED) is 0.0272. The van der Waals surface area contributed by atoms with Gasteiger partial charge in [-0.15, -0.1) is 0 Å². The minimum absolute atomic E-state index is 0.0756. The summed E-state index contributed by atoms with van der Waals surface area (Å²) in [5, 5.41) is 9.99. The summed E-state index contributed by atoms with van der Waals surface area (Å²) in [5.41, 5.74) is 6.16. The average Bonchev–Trinajstić information content (AvgIpc) is 1.70. The summed E-state index contributed by atoms with van der Waals surface area (Å²) in [7, 11) is 1.68. The van der Waals surface area contributed by atoms with Gasteiger partial charge in [-0.05, 0) is 270 Å². The van der Waals surface area contributed by atoms with E-state index in [-0.39, 0.29) is 54.4 Å². The molecule has 11 rings (SSSR count). The first kappa shape index (κ1) is 76.1. The lowest BCUT2D eigenvalue weighted by Crippen LogP contribution is -2.52. The van der Waals surface area contributed by atoms with Crippen molar-refractivity contribution in [2.75, 3.05) is 40.5 Å². The van der Waals surface area contributed by atoms with Crippen LogP contribution >= 0.6 is 8.53 Å². The molecule has 0 radical (unpaired) electrons. The van der Waals surface area contributed by atoms with Gasteiger partial charge in [-0.25, -0.2) is 4.67 Å². The molecule has 0 spiro atoms. The summed E-state index contributed by atoms with van der Waals surface area (Å²) in [4.78, 5) is 19.0. The molecule has 0 saturated heterocycles. The molecule has 8 aliphatic carbocycles. The Morgan fingerprint density at radius 1 is 0.596 bits per heavy atom. The summed E-state index contributed by atoms with van der Waals surface area (Å²) >= 11 is 0. The third-order valence-corrected chi connectivity index (χ3v) is 31.0. The van der Waals surface area contributed by atoms with Gasteiger partial charge in [0.15, 0.2) is 0 Å². The van der Waals surface area contributed by atoms with Crippen molar-refractivity contribution in [2.24, 2.45) is 105 Å². The number of carbonyl (C=O) groups is 1. The molecule has 546 valence electrons. The predicted molar refractivity (Wildman–Crippen MR) is 408 cm³/mol. The van der Waals surface area contributed by atoms with E-state index in [2.05, 4.69) is 179 Å². The lowest BCUT2D eigenvalue weighted by atomic mass is 9.46. The van der Waals surface area contributed by atoms with E-state index in [0.29, 0.717) is 35.8 Å². The SMILES string of the molecule is COc1ccc(C(OC[C@@H](CN(C[C@H]2CC[C@@]3(C)C(=CC[C@H]4[C@@H]5CC[C@H]([C@H](C)CCCC(C)C)[C@@]5(C)CC[C@@H]43)C2)C(=O)[C@H]2CC[C@@]3(C)C(=CC[C@H]4[C@@H]5CC[C@H]([C@H](C)CCCC(C)C)[C@@]5(C)CC[C@@H]43)C2)OP(OCCC#N)N(C(C)C)C(C)C)(c2ccccc2)c2ccc(OC)cc2)cc1. The summed E-state index contributed by atoms with van der Waals surface area (Å²) in [6.45, 7) is 35.8. The second kappa shape index (κ2) is 32.5. The molecule has 6 fully saturated rings. The molecule has 0 aliphatic heterocycles. The Morgan fingerprint density at radius 2 is 1.09 bits per heavy atom. The number of rotatable bonds is 31. The Hall–Kier alpha value is -4.03. The fraction of sp³-hybridized carbons (Fsp3) is 0.730. The zero-order chi connectivity index (χ0) is 70.6. The molecule has 3 aromatic carbocycles. The Labute approximate surface area is 603 Å². The molecule has 9 nitrogen and oxygen atoms in total. The number of fused-ring (bicyclic) bond motifs is 10. The Morgan fingerprint density at radius 3 is 1.58 bits per heavy atom. The molecular weight excluding hydrogens is 1240 g/mol. The van der Waals surface area contributed by atoms with Crippen molar-refractivity contribution in [3.05, 3.63) is 119 Å². The number of carbonyl (C=O) groups excluding carboxylic acids is 1. The number of nitriles is 1. The van der Waals surface area contributed by atoms with Crippen LogP contribution in [-0.2, 0) is 24.2 Å². The second-order valence-corrected chi connectivity index (χ2v) is 37.4. The Bertz CT molecular complexity index is 3150. The first-order valence-corrected chi connectivity index (χ1v) is 41.5. The van der Waals surface area contributed by atoms with Gasteiger partial charge in [0.1, 0.15) is 23.2 Å². The molecule has 0 bridgehead atoms. The van der Waals surface area contributed by atoms with Gasteiger partial charge in [0, 0.05) is 31.1 Å². The molecule has 99 heavy (non-hydrogen) atoms. The van der Waals surface area contributed by atoms with Crippen LogP contribution < -0.4 is 9.47 Å². The first-order chi connectivity index (χ1) is 47.4. The maximum Gasteiger partial charge on any atom is 0.259 e. The van der Waals surface area contributed by atoms with Crippen molar-refractivity contribution in [2.45, 2.75) is 268 Å². The van der Waals surface area contributed by atoms with Crippen LogP contribution in [-0.4, -0.2) is 74.2 Å². The highest BCUT2D eigenvalue weighted by molar-refractivity contribution is 7.44. The summed E-state index contributed by atoms with van der Waals surface area (Å²) in [6.07, 6.45) is 32.8. The topological polar surface area (TPSA) is 93.5 Å². The highest BCUT2D eigenvalue weighted by Gasteiger charge is 2.62. The van der Waals surface area contributed by atoms with Gasteiger partial charge in [0.2, 0.25) is 5.91 Å². The molecule has 0 aromatic heterocycles. The number of ether oxygens (including phenoxy) is 3. The van der Waals surface area contributed by atoms with Crippen LogP contribution in [0.5, 0.6) is 11.5 Å². The Kier molecular flexibility index (Phi) is 25.0. The molecular formula is C89H134N3O6P. The van der Waals surface area contributed by atoms with Crippen LogP contribution in [0.1, 0.15) is 261 Å². The molecule has 0 N–H and O–H groups in total. The third-order valence-electron chi connectivity index (χ3n) is 28.8. The molecule has 0 heterocycles. The van der Waals surface area contributed by atoms with E-state index in [1.165, 1.54) is 109 Å². The number of hydrogen-bond donors (Lipinski definition) is 0. The molecule has 6 saturated carbocycles. The van der Waals surface area contributed by atoms with Gasteiger partial charge in [0.05, 0.1) is 39.9 Å². The van der Waals surface area contributed by atoms with E-state index < -0.39 is 20.2 Å². The number of allylic oxidation sites excluding steroid dienone is 4. The number of methoxy groups -OCH3 is 2. The lowest BCUT2D eigenvalue weighted by molar-refractivity contribution is -0.140. The number of nitrogens with zero attached hydrogens (tertiary/aromatic N) is 3. The van der Waals surface area contributed by atoms with Gasteiger partial charge in [-0.1, -0.05) is 186 Å². The van der Waals surface area contributed by atoms with Crippen molar-refractivity contribution in [3.63, 3.8) is 0 Å². The fourth-order valence-electron chi connectivity index (χ4n) is 23.7. The van der Waals surface area contributed by atoms with E-state index >= 15 is 4.79 Å². The van der Waals surface area contributed by atoms with Crippen LogP contribution in [0.25, 0.3) is 0 Å². The molecule has 1 amide bonds. The van der Waals surface area contributed by atoms with Gasteiger partial charge in [0.25, 0.3) is 8.53 Å². The lowest BCUT2D eigenvalue weighted by Gasteiger charge is -2.59. The zero-order valence-corrected chi connectivity index (χ0v) is 65.7. The van der Waals surface area contributed by atoms with E-state index in [0.717, 1.165) is 125 Å². The van der Waals surface area contributed by atoms with Crippen molar-refractivity contribution in [1.82, 2.24) is 9.57 Å². The van der Waals surface area contributed by atoms with Crippen LogP contribution in [0.3, 0.4) is 0 Å². The van der Waals surface area contributed by atoms with Crippen molar-refractivity contribution in [3.8, 4) is 17.6 Å². The summed E-state index contributed by atoms with van der Waals surface area (Å²) < 4.78 is 36.4. The van der Waals surface area contributed by atoms with E-state index in [1.807, 2.05) is 24.3 Å². The highest BCUT2D eigenvalue weighted by Crippen LogP contribution is 2.70. The standard InChI is InChI=1S/C89H134N3O6P/c1-60(2)23-20-25-64(9)78-41-43-80-76-39-33-71-55-66(45-49-85(71,11)82(76)47-51-87(78,80)13)57-91(84(93)67-46-50-86(12)72(56-67)34-40-77-81-44-42-79(65(10)26-21-24-61(3)4)88(81,14)52-48-83(77)86)58-75(98-99(97-54-22-53-90)92(62(5)6)63(7)8)59-96-89(68-27-18-17-19-28-68,69-29-35-73(94-15)36-30-69)70-31-37-74(95-16)38-32-70/h17-19,27-38,60-67,75-83H,20-26,39-52,54-59H2,1-16H3/t64-,65-,66+,67+,75-,76+,77+,78-,79-,80+,81+,82+,83+,85+,86+,87-,88-,99?/m1/s1. The maximum absolute atomic E-state index is 16.7. The second-order valence-electron chi connectivity index (χ2n) is 36.0. The minimum Gasteiger partial charge on any atom is -0.497 e. The predicted octanol–water partition coefficient (Wildman–Crippen LogP) is 22.8. The third kappa shape index (κ3) is 15.7. The maximum atomic E-state index is 16.7. The monoisotopic (exact) mass is 1370 g/mol. The largest absolute Gasteiger partial charge is 0.497 e. The number of hydrogen-bond acceptors (Lipinski definition) is 8. The van der Waals surface area contributed by atoms with Crippen molar-refractivity contribution >= 4 is 14.4 Å². The van der Waals surface area contributed by atoms with Gasteiger partial charge in [-0.3, -0.25) is 4.79 Å². The molecule has 1 unspecified atom stereocenters. The summed E-state index contributed by atoms with van der Waals surface area (Å²) in [5.74, 6) is 11.3. The van der Waals surface area contributed by atoms with Crippen LogP contribution in [0.15, 0.2) is 102 Å². The zero-order valence-electron chi connectivity index (χ0n) is 64.8. The number of benzene rings is 3. The van der Waals surface area contributed by atoms with Crippen LogP contribution in [0, 0.1) is 116 Å². The minimum atomic E-state index is -1.74. The van der Waals surface area contributed by atoms with Gasteiger partial charge in [-0.2, -0.15) is 5.26 Å². The van der Waals surface area contributed by atoms with Crippen LogP contribution in [0.2, 0.25) is 0 Å². The Balaban J connectivity index is 0.934. The number of amides is 1. The van der Waals surface area contributed by atoms with Gasteiger partial charge >= 0.3 is 0 Å². The van der Waals surface area contributed by atoms with E-state index in [4.69, 9.17) is 23.3 Å². The normalized spacial score (nSPS) is 32.4. The molecule has 10 heteroatoms.